The highest BCUT2D eigenvalue weighted by atomic mass is 35.5. The summed E-state index contributed by atoms with van der Waals surface area (Å²) < 4.78 is 13.5. The number of nitrogens with zero attached hydrogens (tertiary/aromatic N) is 2. The van der Waals surface area contributed by atoms with Crippen molar-refractivity contribution in [3.63, 3.8) is 0 Å². The number of benzene rings is 1. The number of carbonyl (C=O) groups is 1. The molecule has 1 aliphatic rings. The molecule has 1 N–H and O–H groups in total. The van der Waals surface area contributed by atoms with Crippen molar-refractivity contribution in [2.45, 2.75) is 58.3 Å². The molecule has 29 heavy (non-hydrogen) atoms. The fourth-order valence-electron chi connectivity index (χ4n) is 2.94. The van der Waals surface area contributed by atoms with Crippen molar-refractivity contribution < 1.29 is 19.2 Å². The van der Waals surface area contributed by atoms with Crippen LogP contribution in [-0.4, -0.2) is 39.2 Å². The molecule has 0 aliphatic carbocycles. The van der Waals surface area contributed by atoms with Gasteiger partial charge in [-0.25, -0.2) is 4.79 Å². The molecule has 1 atom stereocenters. The molecule has 2 heterocycles. The predicted octanol–water partition coefficient (Wildman–Crippen LogP) is 3.27. The summed E-state index contributed by atoms with van der Waals surface area (Å²) >= 11 is 6.42. The molecule has 6 nitrogen and oxygen atoms in total. The van der Waals surface area contributed by atoms with Crippen molar-refractivity contribution in [1.82, 2.24) is 9.78 Å². The lowest BCUT2D eigenvalue weighted by atomic mass is 9.79. The van der Waals surface area contributed by atoms with Crippen LogP contribution in [-0.2, 0) is 14.1 Å². The van der Waals surface area contributed by atoms with Gasteiger partial charge in [-0.3, -0.25) is 4.68 Å². The van der Waals surface area contributed by atoms with Crippen LogP contribution in [0.5, 0.6) is 0 Å². The summed E-state index contributed by atoms with van der Waals surface area (Å²) in [6, 6.07) is 6.48. The summed E-state index contributed by atoms with van der Waals surface area (Å²) in [6.45, 7) is 9.80. The first-order valence-electron chi connectivity index (χ1n) is 9.49. The van der Waals surface area contributed by atoms with E-state index in [4.69, 9.17) is 20.9 Å². The van der Waals surface area contributed by atoms with E-state index in [0.29, 0.717) is 22.7 Å². The summed E-state index contributed by atoms with van der Waals surface area (Å²) in [6.07, 6.45) is 2.06. The maximum Gasteiger partial charge on any atom is 0.494 e. The average molecular weight is 415 g/mol. The van der Waals surface area contributed by atoms with Crippen LogP contribution in [0.3, 0.4) is 0 Å². The van der Waals surface area contributed by atoms with Gasteiger partial charge in [0, 0.05) is 11.8 Å². The summed E-state index contributed by atoms with van der Waals surface area (Å²) in [5.41, 5.74) is 1.11. The van der Waals surface area contributed by atoms with Gasteiger partial charge >= 0.3 is 13.1 Å². The van der Waals surface area contributed by atoms with E-state index >= 15 is 0 Å². The summed E-state index contributed by atoms with van der Waals surface area (Å²) in [4.78, 5) is 11.3. The molecule has 1 aromatic heterocycles. The quantitative estimate of drug-likeness (QED) is 0.614. The Bertz CT molecular complexity index is 974. The Balaban J connectivity index is 1.78. The van der Waals surface area contributed by atoms with Crippen LogP contribution in [0.1, 0.15) is 58.3 Å². The molecular weight excluding hydrogens is 391 g/mol. The zero-order valence-electron chi connectivity index (χ0n) is 17.2. The second-order valence-electron chi connectivity index (χ2n) is 8.02. The van der Waals surface area contributed by atoms with Crippen molar-refractivity contribution in [3.05, 3.63) is 46.7 Å². The SMILES string of the molecule is CCC(C(=O)O)n1ccc(C#Cc2ccc(B3OC(C)(C)C(C)(C)O3)cc2Cl)n1. The van der Waals surface area contributed by atoms with Gasteiger partial charge in [-0.1, -0.05) is 30.5 Å². The first kappa shape index (κ1) is 21.4. The van der Waals surface area contributed by atoms with Crippen LogP contribution < -0.4 is 5.46 Å². The monoisotopic (exact) mass is 414 g/mol. The Morgan fingerprint density at radius 3 is 2.45 bits per heavy atom. The van der Waals surface area contributed by atoms with Crippen molar-refractivity contribution in [2.24, 2.45) is 0 Å². The predicted molar refractivity (Wildman–Crippen MR) is 112 cm³/mol. The van der Waals surface area contributed by atoms with Crippen LogP contribution >= 0.6 is 11.6 Å². The Hall–Kier alpha value is -2.27. The summed E-state index contributed by atoms with van der Waals surface area (Å²) in [5.74, 6) is 5.01. The Kier molecular flexibility index (Phi) is 5.82. The minimum absolute atomic E-state index is 0.423. The summed E-state index contributed by atoms with van der Waals surface area (Å²) in [7, 11) is -0.489. The molecule has 1 unspecified atom stereocenters. The van der Waals surface area contributed by atoms with Crippen molar-refractivity contribution in [2.75, 3.05) is 0 Å². The molecule has 0 amide bonds. The molecule has 3 rings (SSSR count). The van der Waals surface area contributed by atoms with Crippen LogP contribution in [0.4, 0.5) is 0 Å². The largest absolute Gasteiger partial charge is 0.494 e. The average Bonchev–Trinajstić information content (AvgIpc) is 3.16. The lowest BCUT2D eigenvalue weighted by molar-refractivity contribution is -0.141. The molecule has 1 aliphatic heterocycles. The molecule has 0 radical (unpaired) electrons. The number of carboxylic acids is 1. The lowest BCUT2D eigenvalue weighted by Gasteiger charge is -2.32. The molecule has 1 saturated heterocycles. The Labute approximate surface area is 176 Å². The van der Waals surface area contributed by atoms with Gasteiger partial charge in [-0.2, -0.15) is 5.10 Å². The number of carboxylic acid groups (broad SMARTS) is 1. The molecule has 152 valence electrons. The second-order valence-corrected chi connectivity index (χ2v) is 8.43. The lowest BCUT2D eigenvalue weighted by Crippen LogP contribution is -2.41. The van der Waals surface area contributed by atoms with Gasteiger partial charge in [0.25, 0.3) is 0 Å². The van der Waals surface area contributed by atoms with Gasteiger partial charge in [0.15, 0.2) is 0 Å². The molecule has 8 heteroatoms. The molecule has 2 aromatic rings. The Morgan fingerprint density at radius 2 is 1.90 bits per heavy atom. The van der Waals surface area contributed by atoms with Crippen LogP contribution in [0.15, 0.2) is 30.5 Å². The number of hydrogen-bond acceptors (Lipinski definition) is 4. The number of aliphatic carboxylic acids is 1. The van der Waals surface area contributed by atoms with E-state index in [1.165, 1.54) is 4.68 Å². The first-order chi connectivity index (χ1) is 13.5. The fraction of sp³-hybridized carbons (Fsp3) is 0.429. The third-order valence-electron chi connectivity index (χ3n) is 5.44. The third kappa shape index (κ3) is 4.35. The zero-order valence-corrected chi connectivity index (χ0v) is 17.9. The zero-order chi connectivity index (χ0) is 21.4. The van der Waals surface area contributed by atoms with E-state index in [0.717, 1.165) is 5.46 Å². The highest BCUT2D eigenvalue weighted by Crippen LogP contribution is 2.36. The number of halogens is 1. The maximum absolute atomic E-state index is 11.3. The van der Waals surface area contributed by atoms with Gasteiger partial charge in [-0.15, -0.1) is 0 Å². The first-order valence-corrected chi connectivity index (χ1v) is 9.87. The Morgan fingerprint density at radius 1 is 1.24 bits per heavy atom. The second kappa shape index (κ2) is 7.87. The van der Waals surface area contributed by atoms with Crippen molar-refractivity contribution in [3.8, 4) is 11.8 Å². The van der Waals surface area contributed by atoms with Crippen molar-refractivity contribution >= 4 is 30.2 Å². The van der Waals surface area contributed by atoms with E-state index < -0.39 is 30.3 Å². The van der Waals surface area contributed by atoms with Crippen LogP contribution in [0.25, 0.3) is 0 Å². The van der Waals surface area contributed by atoms with Gasteiger partial charge in [0.05, 0.1) is 16.2 Å². The van der Waals surface area contributed by atoms with Crippen LogP contribution in [0, 0.1) is 11.8 Å². The van der Waals surface area contributed by atoms with E-state index in [-0.39, 0.29) is 0 Å². The number of aromatic nitrogens is 2. The van der Waals surface area contributed by atoms with E-state index in [1.54, 1.807) is 25.3 Å². The highest BCUT2D eigenvalue weighted by molar-refractivity contribution is 6.62. The van der Waals surface area contributed by atoms with Gasteiger partial charge in [0.1, 0.15) is 11.7 Å². The topological polar surface area (TPSA) is 73.6 Å². The smallest absolute Gasteiger partial charge is 0.480 e. The molecule has 0 saturated carbocycles. The molecule has 0 spiro atoms. The van der Waals surface area contributed by atoms with Crippen LogP contribution in [0.2, 0.25) is 5.02 Å². The van der Waals surface area contributed by atoms with Gasteiger partial charge in [-0.05, 0) is 63.7 Å². The van der Waals surface area contributed by atoms with Gasteiger partial charge in [0.2, 0.25) is 0 Å². The third-order valence-corrected chi connectivity index (χ3v) is 5.76. The molecular formula is C21H24BClN2O4. The molecule has 0 bridgehead atoms. The maximum atomic E-state index is 11.3. The minimum Gasteiger partial charge on any atom is -0.480 e. The highest BCUT2D eigenvalue weighted by Gasteiger charge is 2.51. The van der Waals surface area contributed by atoms with Gasteiger partial charge < -0.3 is 14.4 Å². The van der Waals surface area contributed by atoms with E-state index in [2.05, 4.69) is 16.9 Å². The fourth-order valence-corrected chi connectivity index (χ4v) is 3.18. The normalized spacial score (nSPS) is 18.2. The minimum atomic E-state index is -0.920. The van der Waals surface area contributed by atoms with Crippen molar-refractivity contribution in [1.29, 1.82) is 0 Å². The number of hydrogen-bond donors (Lipinski definition) is 1. The standard InChI is InChI=1S/C21H24BClN2O4/c1-6-18(19(26)27)25-12-11-16(24-25)10-8-14-7-9-15(13-17(14)23)22-28-20(2,3)21(4,5)29-22/h7,9,11-13,18H,6H2,1-5H3,(H,26,27). The summed E-state index contributed by atoms with van der Waals surface area (Å²) in [5, 5.41) is 14.0. The molecule has 1 fully saturated rings. The molecule has 1 aromatic carbocycles. The number of rotatable bonds is 4. The van der Waals surface area contributed by atoms with E-state index in [1.807, 2.05) is 39.8 Å². The van der Waals surface area contributed by atoms with E-state index in [9.17, 15) is 9.90 Å².